The van der Waals surface area contributed by atoms with E-state index < -0.39 is 126 Å². The van der Waals surface area contributed by atoms with Gasteiger partial charge in [0.05, 0.1) is 64.6 Å². The van der Waals surface area contributed by atoms with Gasteiger partial charge in [0, 0.05) is 274 Å². The molecule has 12 aromatic rings. The van der Waals surface area contributed by atoms with Crippen molar-refractivity contribution >= 4 is 528 Å². The van der Waals surface area contributed by atoms with Gasteiger partial charge >= 0.3 is 232 Å². The van der Waals surface area contributed by atoms with E-state index in [0.29, 0.717) is 0 Å². The van der Waals surface area contributed by atoms with Crippen molar-refractivity contribution in [3.8, 4) is 0 Å². The van der Waals surface area contributed by atoms with E-state index in [2.05, 4.69) is 477 Å². The maximum atomic E-state index is 8.60. The summed E-state index contributed by atoms with van der Waals surface area (Å²) in [6, 6.07) is 0. The molecule has 798 valence electrons. The summed E-state index contributed by atoms with van der Waals surface area (Å²) in [4.78, 5) is 0. The van der Waals surface area contributed by atoms with Crippen molar-refractivity contribution in [1.29, 1.82) is 0 Å². The van der Waals surface area contributed by atoms with E-state index in [4.69, 9.17) is 58.7 Å². The van der Waals surface area contributed by atoms with Gasteiger partial charge in [0.15, 0.2) is 68.3 Å². The van der Waals surface area contributed by atoms with Gasteiger partial charge in [-0.1, -0.05) is 136 Å². The van der Waals surface area contributed by atoms with Crippen LogP contribution in [-0.2, 0) is 96.6 Å². The van der Waals surface area contributed by atoms with Crippen molar-refractivity contribution in [3.63, 3.8) is 0 Å². The van der Waals surface area contributed by atoms with Crippen LogP contribution in [0, 0.1) is 83.1 Å². The molecule has 0 aromatic carbocycles. The second-order valence-corrected chi connectivity index (χ2v) is 57.1. The van der Waals surface area contributed by atoms with Crippen LogP contribution in [0.4, 0.5) is 0 Å². The fourth-order valence-corrected chi connectivity index (χ4v) is 28.6. The van der Waals surface area contributed by atoms with E-state index in [1.165, 1.54) is 115 Å². The standard InChI is InChI=1S/12C6H9BrNS.6ClH.18O.6Sb/c12*1-3-8-5(2)4-9-6(8)7;;;;;;;;;;;;;;;;;;;;;;;;;;;;;;/h12*4H,3H2,1-2H3;6*1H;;;;;;;;;;;;;;;;;;;;;;;;/q12*+1;;;;;;;;;;;;;12*-1;;;;;;. The average Bonchev–Trinajstić information content (AvgIpc) is 1.86. The number of hydrogen-bond acceptors (Lipinski definition) is 30. The third-order valence-corrected chi connectivity index (χ3v) is 37.7. The number of rotatable bonds is 12. The molecule has 0 fully saturated rings. The summed E-state index contributed by atoms with van der Waals surface area (Å²) >= 11 is 37.1. The topological polar surface area (TPSA) is 426 Å². The average molecular weight is 3720 g/mol. The van der Waals surface area contributed by atoms with Crippen LogP contribution < -0.4 is 95.4 Å². The van der Waals surface area contributed by atoms with E-state index in [1.54, 1.807) is 136 Å². The van der Waals surface area contributed by atoms with Crippen molar-refractivity contribution in [2.45, 2.75) is 245 Å². The number of aromatic nitrogens is 12. The predicted molar refractivity (Wildman–Crippen MR) is 594 cm³/mol. The summed E-state index contributed by atoms with van der Waals surface area (Å²) in [5.41, 5.74) is 15.9. The zero-order valence-electron chi connectivity index (χ0n) is 78.7. The Morgan fingerprint density at radius 1 is 0.167 bits per heavy atom. The molecule has 0 saturated carbocycles. The van der Waals surface area contributed by atoms with Crippen molar-refractivity contribution in [3.05, 3.63) is 180 Å². The predicted octanol–water partition coefficient (Wildman–Crippen LogP) is 10.8. The molecule has 0 saturated heterocycles. The Kier molecular flexibility index (Phi) is 126. The molecule has 138 heavy (non-hydrogen) atoms. The molecule has 30 nitrogen and oxygen atoms in total. The number of halogens is 18. The van der Waals surface area contributed by atoms with Crippen LogP contribution in [-0.4, -0.2) is 126 Å². The minimum atomic E-state index is -4.20. The monoisotopic (exact) mass is 3700 g/mol. The third-order valence-electron chi connectivity index (χ3n) is 15.4. The van der Waals surface area contributed by atoms with Crippen molar-refractivity contribution in [2.75, 3.05) is 0 Å². The molecule has 0 bridgehead atoms. The Bertz CT molecular complexity index is 3940. The molecule has 0 N–H and O–H groups in total. The van der Waals surface area contributed by atoms with Gasteiger partial charge in [-0.05, 0) is 83.1 Å². The van der Waals surface area contributed by atoms with Gasteiger partial charge in [0.2, 0.25) is 0 Å². The first-order valence-electron chi connectivity index (χ1n) is 37.9. The van der Waals surface area contributed by atoms with Gasteiger partial charge in [-0.15, -0.1) is 74.4 Å². The first kappa shape index (κ1) is 169. The Morgan fingerprint density at radius 3 is 0.225 bits per heavy atom. The summed E-state index contributed by atoms with van der Waals surface area (Å²) < 4.78 is 196. The molecule has 66 heteroatoms. The van der Waals surface area contributed by atoms with Gasteiger partial charge < -0.3 is 0 Å². The van der Waals surface area contributed by atoms with E-state index in [-0.39, 0.29) is 74.4 Å². The van der Waals surface area contributed by atoms with Gasteiger partial charge in [0.1, 0.15) is 78.5 Å². The molecular weight excluding hydrogens is 3610 g/mol. The van der Waals surface area contributed by atoms with Crippen LogP contribution in [0.5, 0.6) is 0 Å². The second-order valence-electron chi connectivity index (χ2n) is 23.8. The van der Waals surface area contributed by atoms with E-state index in [0.717, 1.165) is 78.5 Å². The molecule has 0 amide bonds. The van der Waals surface area contributed by atoms with Crippen molar-refractivity contribution < 1.29 is 114 Å². The normalized spacial score (nSPS) is 9.04. The molecule has 0 aliphatic rings. The van der Waals surface area contributed by atoms with E-state index in [1.807, 2.05) is 0 Å². The number of aryl methyl sites for hydroxylation is 12. The van der Waals surface area contributed by atoms with Gasteiger partial charge in [0.25, 0.3) is 0 Å². The Labute approximate surface area is 1050 Å². The Hall–Kier alpha value is 6.29. The number of hydrogen-bond donors (Lipinski definition) is 0. The summed E-state index contributed by atoms with van der Waals surface area (Å²) in [5.74, 6) is 0. The van der Waals surface area contributed by atoms with Gasteiger partial charge in [-0.2, -0.15) is 54.8 Å². The van der Waals surface area contributed by atoms with Crippen LogP contribution in [0.15, 0.2) is 112 Å². The maximum absolute atomic E-state index is 8.60. The fraction of sp³-hybridized carbons (Fsp3) is 0.500. The summed E-state index contributed by atoms with van der Waals surface area (Å²) in [7, 11) is 0. The quantitative estimate of drug-likeness (QED) is 0.0810. The van der Waals surface area contributed by atoms with Crippen LogP contribution in [0.3, 0.4) is 0 Å². The molecule has 12 aromatic heterocycles. The van der Waals surface area contributed by atoms with Crippen LogP contribution >= 0.6 is 402 Å². The SMILES string of the molecule is CC[n+]1c(C)csc1Br.CC[n+]1c(C)csc1Br.CC[n+]1c(C)csc1Br.CC[n+]1c(C)csc1Br.CC[n+]1c(C)csc1Br.CC[n+]1c(C)csc1Br.CC[n+]1c(C)csc1Br.CC[n+]1c(C)csc1Br.CC[n+]1c(C)csc1Br.CC[n+]1c(C)csc1Br.CC[n+]1c(C)csc1Br.CC[n+]1c(C)csc1Br.Cl.Cl.Cl.Cl.Cl.Cl.[O]=[Sb]([O-])[O-].[O]=[Sb]([O-])[O-].[O]=[Sb]([O-])[O-].[O]=[Sb]([O-])[O-].[O]=[Sb]([O-])[O-].[O]=[Sb]([O-])[O-]. The van der Waals surface area contributed by atoms with Gasteiger partial charge in [-0.25, -0.2) is 0 Å². The third kappa shape index (κ3) is 81.8. The molecule has 0 atom stereocenters. The van der Waals surface area contributed by atoms with E-state index >= 15 is 0 Å². The Balaban J connectivity index is -0.000000122. The summed E-state index contributed by atoms with van der Waals surface area (Å²) in [5, 5.41) is 25.8. The molecule has 12 heterocycles. The molecule has 0 aliphatic carbocycles. The van der Waals surface area contributed by atoms with Crippen LogP contribution in [0.2, 0.25) is 0 Å². The van der Waals surface area contributed by atoms with Crippen LogP contribution in [0.25, 0.3) is 0 Å². The van der Waals surface area contributed by atoms with Crippen LogP contribution in [0.1, 0.15) is 151 Å². The molecular formula is C72H114Br12Cl6N12O18S12Sb6. The molecule has 0 aliphatic heterocycles. The molecule has 0 spiro atoms. The zero-order valence-corrected chi connectivity index (χ0v) is 128. The van der Waals surface area contributed by atoms with Gasteiger partial charge in [-0.3, -0.25) is 0 Å². The minimum absolute atomic E-state index is 0. The fourth-order valence-electron chi connectivity index (χ4n) is 9.28. The molecule has 0 unspecified atom stereocenters. The molecule has 6 radical (unpaired) electrons. The summed E-state index contributed by atoms with van der Waals surface area (Å²) in [6.45, 7) is 63.7. The Morgan fingerprint density at radius 2 is 0.210 bits per heavy atom. The zero-order chi connectivity index (χ0) is 104. The first-order valence-corrected chi connectivity index (χ1v) is 76.8. The first-order chi connectivity index (χ1) is 61.4. The number of nitrogens with zero attached hydrogens (tertiary/aromatic N) is 12. The second kappa shape index (κ2) is 102. The van der Waals surface area contributed by atoms with Crippen molar-refractivity contribution in [2.24, 2.45) is 0 Å². The van der Waals surface area contributed by atoms with E-state index in [9.17, 15) is 0 Å². The number of thiazole rings is 12. The summed E-state index contributed by atoms with van der Waals surface area (Å²) in [6.07, 6.45) is 0. The van der Waals surface area contributed by atoms with Crippen molar-refractivity contribution in [1.82, 2.24) is 0 Å². The molecule has 12 rings (SSSR count).